The Labute approximate surface area is 120 Å². The first-order chi connectivity index (χ1) is 9.78. The molecule has 0 bridgehead atoms. The predicted molar refractivity (Wildman–Crippen MR) is 80.6 cm³/mol. The smallest absolute Gasteiger partial charge is 0.244 e. The number of nitrogens with one attached hydrogen (secondary N) is 2. The van der Waals surface area contributed by atoms with Gasteiger partial charge < -0.3 is 15.4 Å². The van der Waals surface area contributed by atoms with E-state index in [4.69, 9.17) is 4.74 Å². The maximum atomic E-state index is 11.7. The number of ether oxygens (including phenoxy) is 1. The lowest BCUT2D eigenvalue weighted by atomic mass is 10.00. The molecule has 1 saturated heterocycles. The third-order valence-corrected chi connectivity index (χ3v) is 3.51. The number of rotatable bonds is 5. The Morgan fingerprint density at radius 3 is 2.90 bits per heavy atom. The monoisotopic (exact) mass is 274 g/mol. The highest BCUT2D eigenvalue weighted by molar-refractivity contribution is 5.91. The van der Waals surface area contributed by atoms with Crippen LogP contribution < -0.4 is 15.4 Å². The largest absolute Gasteiger partial charge is 0.497 e. The second kappa shape index (κ2) is 7.70. The normalized spacial score (nSPS) is 18.9. The van der Waals surface area contributed by atoms with Crippen molar-refractivity contribution in [2.75, 3.05) is 26.7 Å². The molecule has 1 aromatic carbocycles. The zero-order valence-electron chi connectivity index (χ0n) is 11.9. The van der Waals surface area contributed by atoms with Crippen LogP contribution in [-0.4, -0.2) is 32.7 Å². The van der Waals surface area contributed by atoms with E-state index in [1.165, 1.54) is 12.8 Å². The predicted octanol–water partition coefficient (Wildman–Crippen LogP) is 1.82. The average molecular weight is 274 g/mol. The highest BCUT2D eigenvalue weighted by Gasteiger charge is 2.12. The summed E-state index contributed by atoms with van der Waals surface area (Å²) in [5.41, 5.74) is 0.986. The standard InChI is InChI=1S/C16H22N2O2/c1-20-15-7-4-13(5-8-15)6-9-16(19)18-12-14-3-2-10-17-11-14/h4-9,14,17H,2-3,10-12H2,1H3,(H,18,19). The molecule has 1 aliphatic heterocycles. The van der Waals surface area contributed by atoms with Crippen molar-refractivity contribution >= 4 is 12.0 Å². The minimum absolute atomic E-state index is 0.0357. The molecule has 2 N–H and O–H groups in total. The van der Waals surface area contributed by atoms with Gasteiger partial charge in [0.05, 0.1) is 7.11 Å². The lowest BCUT2D eigenvalue weighted by Crippen LogP contribution is -2.37. The van der Waals surface area contributed by atoms with E-state index < -0.39 is 0 Å². The van der Waals surface area contributed by atoms with Gasteiger partial charge in [-0.05, 0) is 55.6 Å². The fourth-order valence-electron chi connectivity index (χ4n) is 2.29. The summed E-state index contributed by atoms with van der Waals surface area (Å²) in [6.07, 6.45) is 5.78. The summed E-state index contributed by atoms with van der Waals surface area (Å²) in [4.78, 5) is 11.7. The van der Waals surface area contributed by atoms with E-state index >= 15 is 0 Å². The quantitative estimate of drug-likeness (QED) is 0.805. The first-order valence-corrected chi connectivity index (χ1v) is 7.08. The van der Waals surface area contributed by atoms with Crippen molar-refractivity contribution in [1.82, 2.24) is 10.6 Å². The van der Waals surface area contributed by atoms with E-state index in [1.54, 1.807) is 13.2 Å². The van der Waals surface area contributed by atoms with Crippen LogP contribution in [-0.2, 0) is 4.79 Å². The fraction of sp³-hybridized carbons (Fsp3) is 0.438. The van der Waals surface area contributed by atoms with Gasteiger partial charge in [-0.3, -0.25) is 4.79 Å². The number of hydrogen-bond donors (Lipinski definition) is 2. The first-order valence-electron chi connectivity index (χ1n) is 7.08. The van der Waals surface area contributed by atoms with Crippen molar-refractivity contribution in [1.29, 1.82) is 0 Å². The number of piperidine rings is 1. The molecule has 2 rings (SSSR count). The van der Waals surface area contributed by atoms with Crippen molar-refractivity contribution < 1.29 is 9.53 Å². The number of amides is 1. The molecular formula is C16H22N2O2. The Bertz CT molecular complexity index is 448. The van der Waals surface area contributed by atoms with E-state index in [0.717, 1.165) is 30.9 Å². The van der Waals surface area contributed by atoms with Gasteiger partial charge in [0.15, 0.2) is 0 Å². The van der Waals surface area contributed by atoms with E-state index in [1.807, 2.05) is 30.3 Å². The lowest BCUT2D eigenvalue weighted by molar-refractivity contribution is -0.116. The molecule has 1 unspecified atom stereocenters. The van der Waals surface area contributed by atoms with E-state index in [9.17, 15) is 4.79 Å². The molecule has 0 aliphatic carbocycles. The summed E-state index contributed by atoms with van der Waals surface area (Å²) in [7, 11) is 1.64. The molecule has 1 amide bonds. The van der Waals surface area contributed by atoms with Crippen molar-refractivity contribution in [3.8, 4) is 5.75 Å². The van der Waals surface area contributed by atoms with Gasteiger partial charge >= 0.3 is 0 Å². The molecule has 1 heterocycles. The maximum absolute atomic E-state index is 11.7. The minimum Gasteiger partial charge on any atom is -0.497 e. The molecule has 0 saturated carbocycles. The van der Waals surface area contributed by atoms with Crippen LogP contribution in [0.3, 0.4) is 0 Å². The Kier molecular flexibility index (Phi) is 5.62. The molecule has 0 radical (unpaired) electrons. The molecule has 1 atom stereocenters. The Morgan fingerprint density at radius 2 is 2.25 bits per heavy atom. The summed E-state index contributed by atoms with van der Waals surface area (Å²) in [5.74, 6) is 1.34. The molecule has 1 aromatic rings. The Balaban J connectivity index is 1.76. The topological polar surface area (TPSA) is 50.4 Å². The van der Waals surface area contributed by atoms with Gasteiger partial charge in [0, 0.05) is 12.6 Å². The molecule has 0 aromatic heterocycles. The van der Waals surface area contributed by atoms with Gasteiger partial charge in [-0.1, -0.05) is 12.1 Å². The van der Waals surface area contributed by atoms with Crippen LogP contribution in [0, 0.1) is 5.92 Å². The van der Waals surface area contributed by atoms with Gasteiger partial charge in [0.25, 0.3) is 0 Å². The third-order valence-electron chi connectivity index (χ3n) is 3.51. The molecular weight excluding hydrogens is 252 g/mol. The average Bonchev–Trinajstić information content (AvgIpc) is 2.52. The number of methoxy groups -OCH3 is 1. The summed E-state index contributed by atoms with van der Waals surface area (Å²) in [6.45, 7) is 2.85. The van der Waals surface area contributed by atoms with Crippen LogP contribution in [0.25, 0.3) is 6.08 Å². The fourth-order valence-corrected chi connectivity index (χ4v) is 2.29. The minimum atomic E-state index is -0.0357. The van der Waals surface area contributed by atoms with Crippen LogP contribution >= 0.6 is 0 Å². The zero-order chi connectivity index (χ0) is 14.2. The summed E-state index contributed by atoms with van der Waals surface area (Å²) in [5, 5.41) is 6.30. The van der Waals surface area contributed by atoms with Crippen molar-refractivity contribution in [2.24, 2.45) is 5.92 Å². The summed E-state index contributed by atoms with van der Waals surface area (Å²) < 4.78 is 5.09. The van der Waals surface area contributed by atoms with Crippen LogP contribution in [0.15, 0.2) is 30.3 Å². The number of benzene rings is 1. The highest BCUT2D eigenvalue weighted by atomic mass is 16.5. The maximum Gasteiger partial charge on any atom is 0.244 e. The van der Waals surface area contributed by atoms with E-state index in [-0.39, 0.29) is 5.91 Å². The zero-order valence-corrected chi connectivity index (χ0v) is 11.9. The van der Waals surface area contributed by atoms with Crippen molar-refractivity contribution in [2.45, 2.75) is 12.8 Å². The van der Waals surface area contributed by atoms with Crippen molar-refractivity contribution in [3.63, 3.8) is 0 Å². The summed E-state index contributed by atoms with van der Waals surface area (Å²) >= 11 is 0. The second-order valence-corrected chi connectivity index (χ2v) is 5.06. The van der Waals surface area contributed by atoms with Crippen LogP contribution in [0.4, 0.5) is 0 Å². The first kappa shape index (κ1) is 14.6. The van der Waals surface area contributed by atoms with Crippen LogP contribution in [0.5, 0.6) is 5.75 Å². The van der Waals surface area contributed by atoms with Crippen LogP contribution in [0.2, 0.25) is 0 Å². The Morgan fingerprint density at radius 1 is 1.45 bits per heavy atom. The lowest BCUT2D eigenvalue weighted by Gasteiger charge is -2.22. The number of hydrogen-bond acceptors (Lipinski definition) is 3. The number of carbonyl (C=O) groups excluding carboxylic acids is 1. The SMILES string of the molecule is COc1ccc(C=CC(=O)NCC2CCCNC2)cc1. The number of carbonyl (C=O) groups is 1. The summed E-state index contributed by atoms with van der Waals surface area (Å²) in [6, 6.07) is 7.61. The second-order valence-electron chi connectivity index (χ2n) is 5.06. The molecule has 0 spiro atoms. The highest BCUT2D eigenvalue weighted by Crippen LogP contribution is 2.12. The van der Waals surface area contributed by atoms with E-state index in [0.29, 0.717) is 5.92 Å². The Hall–Kier alpha value is -1.81. The van der Waals surface area contributed by atoms with Crippen LogP contribution in [0.1, 0.15) is 18.4 Å². The molecule has 1 aliphatic rings. The van der Waals surface area contributed by atoms with E-state index in [2.05, 4.69) is 10.6 Å². The van der Waals surface area contributed by atoms with Gasteiger partial charge in [-0.2, -0.15) is 0 Å². The molecule has 4 heteroatoms. The molecule has 4 nitrogen and oxygen atoms in total. The third kappa shape index (κ3) is 4.70. The van der Waals surface area contributed by atoms with Crippen molar-refractivity contribution in [3.05, 3.63) is 35.9 Å². The van der Waals surface area contributed by atoms with Gasteiger partial charge in [-0.15, -0.1) is 0 Å². The molecule has 20 heavy (non-hydrogen) atoms. The molecule has 108 valence electrons. The van der Waals surface area contributed by atoms with Gasteiger partial charge in [0.1, 0.15) is 5.75 Å². The van der Waals surface area contributed by atoms with Gasteiger partial charge in [-0.25, -0.2) is 0 Å². The van der Waals surface area contributed by atoms with Gasteiger partial charge in [0.2, 0.25) is 5.91 Å². The molecule has 1 fully saturated rings.